The SMILES string of the molecule is C=C(F)C(C)CNC(=O)c1ccc(F)cc1. The largest absolute Gasteiger partial charge is 0.351 e. The van der Waals surface area contributed by atoms with E-state index in [-0.39, 0.29) is 12.5 Å². The molecule has 0 heterocycles. The molecule has 0 spiro atoms. The Morgan fingerprint density at radius 1 is 1.44 bits per heavy atom. The fourth-order valence-electron chi connectivity index (χ4n) is 1.06. The first-order valence-electron chi connectivity index (χ1n) is 4.88. The van der Waals surface area contributed by atoms with Crippen molar-refractivity contribution in [3.8, 4) is 0 Å². The van der Waals surface area contributed by atoms with Crippen molar-refractivity contribution < 1.29 is 13.6 Å². The Bertz CT molecular complexity index is 387. The molecule has 86 valence electrons. The number of rotatable bonds is 4. The van der Waals surface area contributed by atoms with Gasteiger partial charge in [0.2, 0.25) is 0 Å². The van der Waals surface area contributed by atoms with Crippen molar-refractivity contribution in [2.45, 2.75) is 6.92 Å². The van der Waals surface area contributed by atoms with Gasteiger partial charge in [0, 0.05) is 18.0 Å². The highest BCUT2D eigenvalue weighted by atomic mass is 19.1. The Balaban J connectivity index is 2.53. The zero-order valence-corrected chi connectivity index (χ0v) is 8.97. The normalized spacial score (nSPS) is 11.9. The summed E-state index contributed by atoms with van der Waals surface area (Å²) in [7, 11) is 0. The molecule has 0 aliphatic carbocycles. The molecule has 1 rings (SSSR count). The third-order valence-electron chi connectivity index (χ3n) is 2.21. The minimum absolute atomic E-state index is 0.172. The molecule has 0 aliphatic rings. The number of hydrogen-bond donors (Lipinski definition) is 1. The van der Waals surface area contributed by atoms with E-state index in [2.05, 4.69) is 11.9 Å². The lowest BCUT2D eigenvalue weighted by Gasteiger charge is -2.09. The van der Waals surface area contributed by atoms with E-state index in [9.17, 15) is 13.6 Å². The quantitative estimate of drug-likeness (QED) is 0.838. The Morgan fingerprint density at radius 3 is 2.50 bits per heavy atom. The van der Waals surface area contributed by atoms with Crippen molar-refractivity contribution in [2.75, 3.05) is 6.54 Å². The molecule has 16 heavy (non-hydrogen) atoms. The van der Waals surface area contributed by atoms with E-state index in [1.807, 2.05) is 0 Å². The van der Waals surface area contributed by atoms with Crippen LogP contribution in [0, 0.1) is 11.7 Å². The van der Waals surface area contributed by atoms with Gasteiger partial charge in [-0.15, -0.1) is 0 Å². The average molecular weight is 225 g/mol. The van der Waals surface area contributed by atoms with Gasteiger partial charge in [-0.25, -0.2) is 8.78 Å². The van der Waals surface area contributed by atoms with Crippen LogP contribution in [-0.2, 0) is 0 Å². The Morgan fingerprint density at radius 2 is 2.00 bits per heavy atom. The molecule has 0 bridgehead atoms. The van der Waals surface area contributed by atoms with Crippen molar-refractivity contribution in [2.24, 2.45) is 5.92 Å². The van der Waals surface area contributed by atoms with E-state index in [4.69, 9.17) is 0 Å². The van der Waals surface area contributed by atoms with Crippen LogP contribution in [0.3, 0.4) is 0 Å². The van der Waals surface area contributed by atoms with Gasteiger partial charge in [0.15, 0.2) is 0 Å². The summed E-state index contributed by atoms with van der Waals surface area (Å²) in [6.45, 7) is 4.94. The van der Waals surface area contributed by atoms with Gasteiger partial charge in [0.25, 0.3) is 5.91 Å². The van der Waals surface area contributed by atoms with Crippen molar-refractivity contribution in [1.29, 1.82) is 0 Å². The van der Waals surface area contributed by atoms with Crippen LogP contribution in [0.25, 0.3) is 0 Å². The summed E-state index contributed by atoms with van der Waals surface area (Å²) >= 11 is 0. The average Bonchev–Trinajstić information content (AvgIpc) is 2.26. The molecule has 1 unspecified atom stereocenters. The molecule has 0 radical (unpaired) electrons. The number of hydrogen-bond acceptors (Lipinski definition) is 1. The Kier molecular flexibility index (Phi) is 4.17. The number of halogens is 2. The maximum atomic E-state index is 12.6. The van der Waals surface area contributed by atoms with Crippen molar-refractivity contribution >= 4 is 5.91 Å². The topological polar surface area (TPSA) is 29.1 Å². The Hall–Kier alpha value is -1.71. The van der Waals surface area contributed by atoms with Crippen LogP contribution in [0.15, 0.2) is 36.7 Å². The van der Waals surface area contributed by atoms with Gasteiger partial charge in [-0.2, -0.15) is 0 Å². The molecule has 0 saturated heterocycles. The maximum absolute atomic E-state index is 12.6. The number of carbonyl (C=O) groups excluding carboxylic acids is 1. The summed E-state index contributed by atoms with van der Waals surface area (Å²) in [5, 5.41) is 2.54. The second kappa shape index (κ2) is 5.39. The van der Waals surface area contributed by atoms with Gasteiger partial charge in [-0.05, 0) is 24.3 Å². The van der Waals surface area contributed by atoms with Crippen molar-refractivity contribution in [3.05, 3.63) is 48.1 Å². The van der Waals surface area contributed by atoms with Crippen LogP contribution in [0.4, 0.5) is 8.78 Å². The zero-order chi connectivity index (χ0) is 12.1. The van der Waals surface area contributed by atoms with Gasteiger partial charge >= 0.3 is 0 Å². The van der Waals surface area contributed by atoms with Gasteiger partial charge in [-0.3, -0.25) is 4.79 Å². The predicted octanol–water partition coefficient (Wildman–Crippen LogP) is 2.67. The van der Waals surface area contributed by atoms with Crippen LogP contribution in [0.1, 0.15) is 17.3 Å². The molecule has 1 aromatic carbocycles. The van der Waals surface area contributed by atoms with Gasteiger partial charge in [0.1, 0.15) is 5.82 Å². The number of amides is 1. The highest BCUT2D eigenvalue weighted by Gasteiger charge is 2.09. The molecule has 0 aliphatic heterocycles. The first kappa shape index (κ1) is 12.4. The first-order chi connectivity index (χ1) is 7.50. The maximum Gasteiger partial charge on any atom is 0.251 e. The summed E-state index contributed by atoms with van der Waals surface area (Å²) in [5.74, 6) is -1.65. The highest BCUT2D eigenvalue weighted by Crippen LogP contribution is 2.08. The third-order valence-corrected chi connectivity index (χ3v) is 2.21. The van der Waals surface area contributed by atoms with Crippen LogP contribution < -0.4 is 5.32 Å². The zero-order valence-electron chi connectivity index (χ0n) is 8.97. The van der Waals surface area contributed by atoms with E-state index in [1.165, 1.54) is 24.3 Å². The lowest BCUT2D eigenvalue weighted by molar-refractivity contribution is 0.0949. The van der Waals surface area contributed by atoms with Gasteiger partial charge in [0.05, 0.1) is 5.83 Å². The lowest BCUT2D eigenvalue weighted by Crippen LogP contribution is -2.28. The van der Waals surface area contributed by atoms with Crippen LogP contribution >= 0.6 is 0 Å². The molecule has 1 N–H and O–H groups in total. The molecular formula is C12H13F2NO. The number of nitrogens with one attached hydrogen (secondary N) is 1. The molecule has 2 nitrogen and oxygen atoms in total. The van der Waals surface area contributed by atoms with Crippen LogP contribution in [0.2, 0.25) is 0 Å². The molecule has 1 aromatic rings. The highest BCUT2D eigenvalue weighted by molar-refractivity contribution is 5.94. The molecule has 0 aromatic heterocycles. The second-order valence-electron chi connectivity index (χ2n) is 3.56. The van der Waals surface area contributed by atoms with E-state index in [1.54, 1.807) is 6.92 Å². The Labute approximate surface area is 93.0 Å². The van der Waals surface area contributed by atoms with Crippen molar-refractivity contribution in [1.82, 2.24) is 5.32 Å². The van der Waals surface area contributed by atoms with Gasteiger partial charge < -0.3 is 5.32 Å². The minimum atomic E-state index is -0.473. The summed E-state index contributed by atoms with van der Waals surface area (Å²) in [4.78, 5) is 11.5. The molecule has 1 atom stereocenters. The fourth-order valence-corrected chi connectivity index (χ4v) is 1.06. The summed E-state index contributed by atoms with van der Waals surface area (Å²) in [5.41, 5.74) is 0.345. The summed E-state index contributed by atoms with van der Waals surface area (Å²) < 4.78 is 25.2. The van der Waals surface area contributed by atoms with E-state index in [0.717, 1.165) is 0 Å². The second-order valence-corrected chi connectivity index (χ2v) is 3.56. The van der Waals surface area contributed by atoms with E-state index >= 15 is 0 Å². The molecule has 1 amide bonds. The van der Waals surface area contributed by atoms with E-state index in [0.29, 0.717) is 5.56 Å². The van der Waals surface area contributed by atoms with Crippen LogP contribution in [0.5, 0.6) is 0 Å². The molecule has 4 heteroatoms. The minimum Gasteiger partial charge on any atom is -0.351 e. The van der Waals surface area contributed by atoms with Crippen molar-refractivity contribution in [3.63, 3.8) is 0 Å². The molecule has 0 saturated carbocycles. The van der Waals surface area contributed by atoms with Crippen LogP contribution in [-0.4, -0.2) is 12.5 Å². The smallest absolute Gasteiger partial charge is 0.251 e. The standard InChI is InChI=1S/C12H13F2NO/c1-8(9(2)13)7-15-12(16)10-3-5-11(14)6-4-10/h3-6,8H,2,7H2,1H3,(H,15,16). The molecular weight excluding hydrogens is 212 g/mol. The molecule has 0 fully saturated rings. The van der Waals surface area contributed by atoms with E-state index < -0.39 is 17.6 Å². The lowest BCUT2D eigenvalue weighted by atomic mass is 10.1. The van der Waals surface area contributed by atoms with Gasteiger partial charge in [-0.1, -0.05) is 13.5 Å². The summed E-state index contributed by atoms with van der Waals surface area (Å²) in [6, 6.07) is 5.15. The fraction of sp³-hybridized carbons (Fsp3) is 0.250. The number of benzene rings is 1. The predicted molar refractivity (Wildman–Crippen MR) is 58.1 cm³/mol. The first-order valence-corrected chi connectivity index (χ1v) is 4.88. The number of carbonyl (C=O) groups is 1. The summed E-state index contributed by atoms with van der Waals surface area (Å²) in [6.07, 6.45) is 0. The monoisotopic (exact) mass is 225 g/mol. The third kappa shape index (κ3) is 3.46.